The van der Waals surface area contributed by atoms with Crippen molar-refractivity contribution in [3.8, 4) is 6.01 Å². The summed E-state index contributed by atoms with van der Waals surface area (Å²) >= 11 is 0. The van der Waals surface area contributed by atoms with E-state index in [4.69, 9.17) is 9.47 Å². The van der Waals surface area contributed by atoms with Crippen LogP contribution in [0, 0.1) is 6.92 Å². The fraction of sp³-hybridized carbons (Fsp3) is 0.667. The van der Waals surface area contributed by atoms with Crippen LogP contribution in [0.1, 0.15) is 24.6 Å². The van der Waals surface area contributed by atoms with Crippen LogP contribution in [-0.4, -0.2) is 35.8 Å². The molecule has 1 aliphatic rings. The van der Waals surface area contributed by atoms with Gasteiger partial charge in [0.15, 0.2) is 0 Å². The molecule has 0 spiro atoms. The standard InChI is InChI=1S/C12H19N3O2/c1-3-4-13-5-10-6-14-12(15-9(10)2)17-11-7-16-8-11/h6,11,13H,3-5,7-8H2,1-2H3. The molecule has 0 radical (unpaired) electrons. The zero-order valence-corrected chi connectivity index (χ0v) is 10.4. The molecule has 0 unspecified atom stereocenters. The topological polar surface area (TPSA) is 56.3 Å². The molecular weight excluding hydrogens is 218 g/mol. The second kappa shape index (κ2) is 5.93. The van der Waals surface area contributed by atoms with E-state index < -0.39 is 0 Å². The molecule has 0 saturated carbocycles. The van der Waals surface area contributed by atoms with Crippen LogP contribution < -0.4 is 10.1 Å². The van der Waals surface area contributed by atoms with E-state index >= 15 is 0 Å². The van der Waals surface area contributed by atoms with Crippen molar-refractivity contribution in [2.75, 3.05) is 19.8 Å². The molecule has 1 aromatic heterocycles. The highest BCUT2D eigenvalue weighted by Gasteiger charge is 2.21. The molecule has 0 aliphatic carbocycles. The van der Waals surface area contributed by atoms with Crippen LogP contribution in [0.4, 0.5) is 0 Å². The lowest BCUT2D eigenvalue weighted by Gasteiger charge is -2.25. The number of nitrogens with zero attached hydrogens (tertiary/aromatic N) is 2. The first kappa shape index (κ1) is 12.3. The molecule has 17 heavy (non-hydrogen) atoms. The lowest BCUT2D eigenvalue weighted by Crippen LogP contribution is -2.39. The van der Waals surface area contributed by atoms with Crippen molar-refractivity contribution in [1.82, 2.24) is 15.3 Å². The van der Waals surface area contributed by atoms with Gasteiger partial charge in [-0.2, -0.15) is 0 Å². The van der Waals surface area contributed by atoms with Gasteiger partial charge >= 0.3 is 6.01 Å². The van der Waals surface area contributed by atoms with Crippen molar-refractivity contribution in [1.29, 1.82) is 0 Å². The van der Waals surface area contributed by atoms with Crippen LogP contribution in [0.3, 0.4) is 0 Å². The summed E-state index contributed by atoms with van der Waals surface area (Å²) in [6.07, 6.45) is 3.08. The van der Waals surface area contributed by atoms with Gasteiger partial charge in [0.1, 0.15) is 6.10 Å². The van der Waals surface area contributed by atoms with E-state index in [0.717, 1.165) is 30.8 Å². The zero-order chi connectivity index (χ0) is 12.1. The Morgan fingerprint density at radius 2 is 2.35 bits per heavy atom. The number of nitrogens with one attached hydrogen (secondary N) is 1. The molecule has 0 amide bonds. The third kappa shape index (κ3) is 3.38. The van der Waals surface area contributed by atoms with E-state index in [-0.39, 0.29) is 6.10 Å². The van der Waals surface area contributed by atoms with E-state index in [0.29, 0.717) is 19.2 Å². The van der Waals surface area contributed by atoms with Gasteiger partial charge in [-0.05, 0) is 19.9 Å². The van der Waals surface area contributed by atoms with E-state index in [1.54, 1.807) is 0 Å². The molecular formula is C12H19N3O2. The van der Waals surface area contributed by atoms with Gasteiger partial charge in [-0.1, -0.05) is 6.92 Å². The Morgan fingerprint density at radius 3 is 2.94 bits per heavy atom. The van der Waals surface area contributed by atoms with Crippen molar-refractivity contribution in [3.63, 3.8) is 0 Å². The fourth-order valence-electron chi connectivity index (χ4n) is 1.53. The van der Waals surface area contributed by atoms with Crippen LogP contribution in [0.5, 0.6) is 6.01 Å². The predicted octanol–water partition coefficient (Wildman–Crippen LogP) is 1.06. The average Bonchev–Trinajstić information content (AvgIpc) is 2.27. The summed E-state index contributed by atoms with van der Waals surface area (Å²) in [5.41, 5.74) is 2.09. The molecule has 94 valence electrons. The lowest BCUT2D eigenvalue weighted by atomic mass is 10.2. The van der Waals surface area contributed by atoms with Crippen molar-refractivity contribution < 1.29 is 9.47 Å². The third-order valence-electron chi connectivity index (χ3n) is 2.68. The monoisotopic (exact) mass is 237 g/mol. The van der Waals surface area contributed by atoms with Gasteiger partial charge in [-0.3, -0.25) is 0 Å². The van der Waals surface area contributed by atoms with Crippen LogP contribution in [0.25, 0.3) is 0 Å². The Bertz CT molecular complexity index is 367. The van der Waals surface area contributed by atoms with Gasteiger partial charge in [0.05, 0.1) is 13.2 Å². The summed E-state index contributed by atoms with van der Waals surface area (Å²) in [7, 11) is 0. The maximum atomic E-state index is 5.54. The molecule has 0 bridgehead atoms. The number of hydrogen-bond acceptors (Lipinski definition) is 5. The highest BCUT2D eigenvalue weighted by atomic mass is 16.6. The average molecular weight is 237 g/mol. The largest absolute Gasteiger partial charge is 0.455 e. The van der Waals surface area contributed by atoms with Crippen LogP contribution in [0.15, 0.2) is 6.20 Å². The first-order chi connectivity index (χ1) is 8.29. The molecule has 1 N–H and O–H groups in total. The summed E-state index contributed by atoms with van der Waals surface area (Å²) in [6.45, 7) is 7.23. The minimum absolute atomic E-state index is 0.124. The van der Waals surface area contributed by atoms with Gasteiger partial charge in [-0.25, -0.2) is 9.97 Å². The Labute approximate surface area is 102 Å². The first-order valence-electron chi connectivity index (χ1n) is 6.07. The lowest BCUT2D eigenvalue weighted by molar-refractivity contribution is -0.0832. The Hall–Kier alpha value is -1.20. The molecule has 0 atom stereocenters. The molecule has 0 aromatic carbocycles. The molecule has 5 nitrogen and oxygen atoms in total. The van der Waals surface area contributed by atoms with E-state index in [1.807, 2.05) is 13.1 Å². The molecule has 2 heterocycles. The van der Waals surface area contributed by atoms with Crippen LogP contribution >= 0.6 is 0 Å². The number of aryl methyl sites for hydroxylation is 1. The molecule has 1 saturated heterocycles. The summed E-state index contributed by atoms with van der Waals surface area (Å²) in [6, 6.07) is 0.454. The normalized spacial score (nSPS) is 15.6. The molecule has 1 fully saturated rings. The molecule has 2 rings (SSSR count). The minimum atomic E-state index is 0.124. The molecule has 1 aromatic rings. The maximum absolute atomic E-state index is 5.54. The summed E-state index contributed by atoms with van der Waals surface area (Å²) < 4.78 is 10.6. The first-order valence-corrected chi connectivity index (χ1v) is 6.07. The summed E-state index contributed by atoms with van der Waals surface area (Å²) in [5, 5.41) is 3.33. The third-order valence-corrected chi connectivity index (χ3v) is 2.68. The van der Waals surface area contributed by atoms with E-state index in [2.05, 4.69) is 22.2 Å². The summed E-state index contributed by atoms with van der Waals surface area (Å²) in [5.74, 6) is 0. The number of ether oxygens (including phenoxy) is 2. The van der Waals surface area contributed by atoms with Gasteiger partial charge < -0.3 is 14.8 Å². The quantitative estimate of drug-likeness (QED) is 0.750. The Balaban J connectivity index is 1.90. The van der Waals surface area contributed by atoms with Crippen LogP contribution in [-0.2, 0) is 11.3 Å². The molecule has 1 aliphatic heterocycles. The van der Waals surface area contributed by atoms with Gasteiger partial charge in [-0.15, -0.1) is 0 Å². The van der Waals surface area contributed by atoms with Gasteiger partial charge in [0, 0.05) is 24.0 Å². The van der Waals surface area contributed by atoms with Crippen molar-refractivity contribution in [2.24, 2.45) is 0 Å². The smallest absolute Gasteiger partial charge is 0.317 e. The second-order valence-electron chi connectivity index (χ2n) is 4.22. The van der Waals surface area contributed by atoms with Crippen molar-refractivity contribution in [2.45, 2.75) is 32.9 Å². The Morgan fingerprint density at radius 1 is 1.53 bits per heavy atom. The highest BCUT2D eigenvalue weighted by Crippen LogP contribution is 2.13. The van der Waals surface area contributed by atoms with E-state index in [1.165, 1.54) is 0 Å². The minimum Gasteiger partial charge on any atom is -0.455 e. The number of hydrogen-bond donors (Lipinski definition) is 1. The van der Waals surface area contributed by atoms with Crippen molar-refractivity contribution in [3.05, 3.63) is 17.5 Å². The summed E-state index contributed by atoms with van der Waals surface area (Å²) in [4.78, 5) is 8.56. The maximum Gasteiger partial charge on any atom is 0.317 e. The molecule has 5 heteroatoms. The zero-order valence-electron chi connectivity index (χ0n) is 10.4. The van der Waals surface area contributed by atoms with E-state index in [9.17, 15) is 0 Å². The van der Waals surface area contributed by atoms with Gasteiger partial charge in [0.2, 0.25) is 0 Å². The van der Waals surface area contributed by atoms with Crippen LogP contribution in [0.2, 0.25) is 0 Å². The highest BCUT2D eigenvalue weighted by molar-refractivity contribution is 5.17. The predicted molar refractivity (Wildman–Crippen MR) is 64.0 cm³/mol. The Kier molecular flexibility index (Phi) is 4.28. The van der Waals surface area contributed by atoms with Gasteiger partial charge in [0.25, 0.3) is 0 Å². The SMILES string of the molecule is CCCNCc1cnc(OC2COC2)nc1C. The second-order valence-corrected chi connectivity index (χ2v) is 4.22. The number of aromatic nitrogens is 2. The van der Waals surface area contributed by atoms with Crippen molar-refractivity contribution >= 4 is 0 Å². The fourth-order valence-corrected chi connectivity index (χ4v) is 1.53. The number of rotatable bonds is 6.